The number of aliphatic hydroxyl groups excluding tert-OH is 2. The van der Waals surface area contributed by atoms with Crippen molar-refractivity contribution in [2.24, 2.45) is 0 Å². The molecule has 4 heteroatoms. The molecule has 0 aromatic rings. The number of hydrogen-bond donors (Lipinski definition) is 2. The fourth-order valence-electron chi connectivity index (χ4n) is 2.94. The van der Waals surface area contributed by atoms with Gasteiger partial charge in [0.15, 0.2) is 0 Å². The molecule has 0 unspecified atom stereocenters. The van der Waals surface area contributed by atoms with Crippen molar-refractivity contribution in [3.8, 4) is 0 Å². The predicted octanol–water partition coefficient (Wildman–Crippen LogP) is 0.373. The lowest BCUT2D eigenvalue weighted by Gasteiger charge is -2.37. The van der Waals surface area contributed by atoms with Crippen LogP contribution in [0.3, 0.4) is 0 Å². The molecule has 1 saturated heterocycles. The van der Waals surface area contributed by atoms with E-state index in [1.165, 1.54) is 0 Å². The van der Waals surface area contributed by atoms with Gasteiger partial charge >= 0.3 is 0 Å². The molecule has 0 bridgehead atoms. The van der Waals surface area contributed by atoms with Crippen LogP contribution in [-0.4, -0.2) is 59.7 Å². The largest absolute Gasteiger partial charge is 0.394 e. The van der Waals surface area contributed by atoms with Gasteiger partial charge in [0.1, 0.15) is 0 Å². The Bertz CT molecular complexity index is 204. The van der Waals surface area contributed by atoms with Crippen molar-refractivity contribution in [1.29, 1.82) is 0 Å². The number of aliphatic hydroxyl groups is 2. The van der Waals surface area contributed by atoms with E-state index in [2.05, 4.69) is 4.90 Å². The first kappa shape index (κ1) is 12.3. The highest BCUT2D eigenvalue weighted by Gasteiger charge is 2.32. The molecular weight excluding hydrogens is 206 g/mol. The van der Waals surface area contributed by atoms with E-state index < -0.39 is 0 Å². The quantitative estimate of drug-likeness (QED) is 0.731. The Kier molecular flexibility index (Phi) is 4.58. The Morgan fingerprint density at radius 2 is 1.88 bits per heavy atom. The summed E-state index contributed by atoms with van der Waals surface area (Å²) in [6, 6.07) is 0.388. The molecule has 2 rings (SSSR count). The van der Waals surface area contributed by atoms with Crippen LogP contribution in [0.4, 0.5) is 0 Å². The zero-order chi connectivity index (χ0) is 11.4. The lowest BCUT2D eigenvalue weighted by atomic mass is 10.0. The lowest BCUT2D eigenvalue weighted by molar-refractivity contribution is -0.0266. The molecule has 0 aromatic carbocycles. The molecule has 4 nitrogen and oxygen atoms in total. The minimum absolute atomic E-state index is 0.113. The summed E-state index contributed by atoms with van der Waals surface area (Å²) < 4.78 is 5.53. The van der Waals surface area contributed by atoms with Crippen LogP contribution in [-0.2, 0) is 4.74 Å². The minimum Gasteiger partial charge on any atom is -0.394 e. The molecule has 0 aromatic heterocycles. The fraction of sp³-hybridized carbons (Fsp3) is 1.00. The number of nitrogens with zero attached hydrogens (tertiary/aromatic N) is 1. The topological polar surface area (TPSA) is 52.9 Å². The first-order chi connectivity index (χ1) is 7.81. The molecule has 1 aliphatic carbocycles. The first-order valence-electron chi connectivity index (χ1n) is 6.46. The van der Waals surface area contributed by atoms with Gasteiger partial charge < -0.3 is 14.9 Å². The number of ether oxygens (including phenoxy) is 1. The minimum atomic E-state index is -0.116. The Morgan fingerprint density at radius 3 is 2.44 bits per heavy atom. The zero-order valence-corrected chi connectivity index (χ0v) is 9.85. The summed E-state index contributed by atoms with van der Waals surface area (Å²) in [5.41, 5.74) is 0. The highest BCUT2D eigenvalue weighted by atomic mass is 16.5. The molecule has 2 aliphatic rings. The standard InChI is InChI=1S/C12H23NO3/c14-8-9-16-10-4-6-13(7-5-10)11-2-1-3-12(11)15/h10-12,14-15H,1-9H2/t11-,12-/m1/s1. The average molecular weight is 229 g/mol. The van der Waals surface area contributed by atoms with Crippen molar-refractivity contribution in [2.45, 2.75) is 50.4 Å². The second kappa shape index (κ2) is 5.96. The lowest BCUT2D eigenvalue weighted by Crippen LogP contribution is -2.46. The van der Waals surface area contributed by atoms with E-state index in [9.17, 15) is 5.11 Å². The normalized spacial score (nSPS) is 33.4. The summed E-state index contributed by atoms with van der Waals surface area (Å²) in [5, 5.41) is 18.5. The summed E-state index contributed by atoms with van der Waals surface area (Å²) in [6.07, 6.45) is 5.52. The maximum absolute atomic E-state index is 9.84. The third-order valence-electron chi connectivity index (χ3n) is 3.83. The van der Waals surface area contributed by atoms with Gasteiger partial charge in [0, 0.05) is 19.1 Å². The Hall–Kier alpha value is -0.160. The van der Waals surface area contributed by atoms with Crippen LogP contribution < -0.4 is 0 Å². The molecule has 0 amide bonds. The van der Waals surface area contributed by atoms with Crippen molar-refractivity contribution in [2.75, 3.05) is 26.3 Å². The van der Waals surface area contributed by atoms with Crippen LogP contribution in [0.1, 0.15) is 32.1 Å². The van der Waals surface area contributed by atoms with E-state index >= 15 is 0 Å². The second-order valence-electron chi connectivity index (χ2n) is 4.90. The highest BCUT2D eigenvalue weighted by molar-refractivity contribution is 4.87. The van der Waals surface area contributed by atoms with Crippen LogP contribution in [0.2, 0.25) is 0 Å². The maximum atomic E-state index is 9.84. The molecule has 2 fully saturated rings. The van der Waals surface area contributed by atoms with Crippen molar-refractivity contribution in [1.82, 2.24) is 4.90 Å². The third-order valence-corrected chi connectivity index (χ3v) is 3.83. The van der Waals surface area contributed by atoms with Gasteiger partial charge in [-0.3, -0.25) is 4.90 Å². The van der Waals surface area contributed by atoms with Crippen LogP contribution in [0.5, 0.6) is 0 Å². The SMILES string of the molecule is OCCOC1CCN([C@@H]2CCC[C@H]2O)CC1. The van der Waals surface area contributed by atoms with Gasteiger partial charge in [0.2, 0.25) is 0 Å². The van der Waals surface area contributed by atoms with Crippen molar-refractivity contribution in [3.05, 3.63) is 0 Å². The molecule has 16 heavy (non-hydrogen) atoms. The summed E-state index contributed by atoms with van der Waals surface area (Å²) >= 11 is 0. The van der Waals surface area contributed by atoms with E-state index in [4.69, 9.17) is 9.84 Å². The Labute approximate surface area is 97.2 Å². The summed E-state index contributed by atoms with van der Waals surface area (Å²) in [4.78, 5) is 2.41. The Balaban J connectivity index is 1.72. The van der Waals surface area contributed by atoms with Gasteiger partial charge in [-0.05, 0) is 32.1 Å². The van der Waals surface area contributed by atoms with E-state index in [-0.39, 0.29) is 12.7 Å². The average Bonchev–Trinajstić information content (AvgIpc) is 2.74. The van der Waals surface area contributed by atoms with Gasteiger partial charge in [-0.2, -0.15) is 0 Å². The van der Waals surface area contributed by atoms with Crippen LogP contribution >= 0.6 is 0 Å². The second-order valence-corrected chi connectivity index (χ2v) is 4.90. The van der Waals surface area contributed by atoms with Crippen molar-refractivity contribution >= 4 is 0 Å². The van der Waals surface area contributed by atoms with Gasteiger partial charge in [0.05, 0.1) is 25.4 Å². The fourth-order valence-corrected chi connectivity index (χ4v) is 2.94. The molecule has 2 N–H and O–H groups in total. The first-order valence-corrected chi connectivity index (χ1v) is 6.46. The Morgan fingerprint density at radius 1 is 1.12 bits per heavy atom. The number of rotatable bonds is 4. The van der Waals surface area contributed by atoms with Gasteiger partial charge in [-0.25, -0.2) is 0 Å². The zero-order valence-electron chi connectivity index (χ0n) is 9.85. The van der Waals surface area contributed by atoms with Crippen molar-refractivity contribution < 1.29 is 14.9 Å². The van der Waals surface area contributed by atoms with Crippen LogP contribution in [0.15, 0.2) is 0 Å². The summed E-state index contributed by atoms with van der Waals surface area (Å²) in [6.45, 7) is 2.62. The molecule has 0 radical (unpaired) electrons. The van der Waals surface area contributed by atoms with Crippen molar-refractivity contribution in [3.63, 3.8) is 0 Å². The van der Waals surface area contributed by atoms with E-state index in [0.29, 0.717) is 18.8 Å². The van der Waals surface area contributed by atoms with E-state index in [1.54, 1.807) is 0 Å². The molecule has 1 saturated carbocycles. The van der Waals surface area contributed by atoms with Gasteiger partial charge in [0.25, 0.3) is 0 Å². The van der Waals surface area contributed by atoms with E-state index in [0.717, 1.165) is 45.2 Å². The number of piperidine rings is 1. The smallest absolute Gasteiger partial charge is 0.0701 e. The van der Waals surface area contributed by atoms with Crippen LogP contribution in [0.25, 0.3) is 0 Å². The third kappa shape index (κ3) is 2.94. The summed E-state index contributed by atoms with van der Waals surface area (Å²) in [7, 11) is 0. The monoisotopic (exact) mass is 229 g/mol. The summed E-state index contributed by atoms with van der Waals surface area (Å²) in [5.74, 6) is 0. The van der Waals surface area contributed by atoms with Gasteiger partial charge in [-0.1, -0.05) is 0 Å². The molecule has 94 valence electrons. The number of likely N-dealkylation sites (tertiary alicyclic amines) is 1. The molecule has 0 spiro atoms. The molecular formula is C12H23NO3. The predicted molar refractivity (Wildman–Crippen MR) is 61.3 cm³/mol. The van der Waals surface area contributed by atoms with Gasteiger partial charge in [-0.15, -0.1) is 0 Å². The molecule has 1 heterocycles. The van der Waals surface area contributed by atoms with Crippen LogP contribution in [0, 0.1) is 0 Å². The van der Waals surface area contributed by atoms with E-state index in [1.807, 2.05) is 0 Å². The molecule has 2 atom stereocenters. The highest BCUT2D eigenvalue weighted by Crippen LogP contribution is 2.27. The number of hydrogen-bond acceptors (Lipinski definition) is 4. The molecule has 1 aliphatic heterocycles. The maximum Gasteiger partial charge on any atom is 0.0701 e.